The van der Waals surface area contributed by atoms with E-state index in [0.29, 0.717) is 12.5 Å². The normalized spacial score (nSPS) is 14.1. The number of rotatable bonds is 5. The number of carbonyl (C=O) groups excluding carboxylic acids is 1. The van der Waals surface area contributed by atoms with E-state index in [1.807, 2.05) is 25.4 Å². The minimum Gasteiger partial charge on any atom is -0.476 e. The molecule has 0 spiro atoms. The molecule has 0 atom stereocenters. The number of aromatic nitrogens is 1. The Bertz CT molecular complexity index is 621. The topological polar surface area (TPSA) is 72.8 Å². The van der Waals surface area contributed by atoms with E-state index in [1.54, 1.807) is 20.0 Å². The van der Waals surface area contributed by atoms with Crippen LogP contribution in [0.25, 0.3) is 5.57 Å². The van der Waals surface area contributed by atoms with Gasteiger partial charge < -0.3 is 14.8 Å². The van der Waals surface area contributed by atoms with Crippen molar-refractivity contribution in [3.05, 3.63) is 29.6 Å². The van der Waals surface area contributed by atoms with Crippen LogP contribution in [0.1, 0.15) is 25.0 Å². The molecule has 1 aliphatic rings. The average Bonchev–Trinajstić information content (AvgIpc) is 2.53. The lowest BCUT2D eigenvalue weighted by molar-refractivity contribution is -0.152. The van der Waals surface area contributed by atoms with Crippen molar-refractivity contribution in [2.24, 2.45) is 10.4 Å². The lowest BCUT2D eigenvalue weighted by Crippen LogP contribution is -2.32. The van der Waals surface area contributed by atoms with Gasteiger partial charge in [-0.3, -0.25) is 9.79 Å². The number of hydrogen-bond donors (Lipinski definition) is 1. The van der Waals surface area contributed by atoms with Gasteiger partial charge in [-0.1, -0.05) is 0 Å². The van der Waals surface area contributed by atoms with Gasteiger partial charge in [0.15, 0.2) is 0 Å². The summed E-state index contributed by atoms with van der Waals surface area (Å²) in [4.78, 5) is 20.1. The fraction of sp³-hybridized carbons (Fsp3) is 0.438. The molecule has 1 aromatic rings. The van der Waals surface area contributed by atoms with Crippen LogP contribution in [0.3, 0.4) is 0 Å². The van der Waals surface area contributed by atoms with Crippen LogP contribution in [-0.2, 0) is 9.53 Å². The summed E-state index contributed by atoms with van der Waals surface area (Å²) in [6.07, 6.45) is 5.49. The number of methoxy groups -OCH3 is 1. The van der Waals surface area contributed by atoms with Crippen LogP contribution in [0, 0.1) is 12.3 Å². The Balaban J connectivity index is 2.08. The second-order valence-electron chi connectivity index (χ2n) is 5.78. The quantitative estimate of drug-likeness (QED) is 0.842. The van der Waals surface area contributed by atoms with Crippen LogP contribution in [0.4, 0.5) is 0 Å². The first kappa shape index (κ1) is 16.0. The summed E-state index contributed by atoms with van der Waals surface area (Å²) in [5.41, 5.74) is 2.29. The number of aliphatic imine (C=N–C) groups is 1. The van der Waals surface area contributed by atoms with Gasteiger partial charge >= 0.3 is 5.97 Å². The molecule has 0 aromatic carbocycles. The Hall–Kier alpha value is -2.37. The third kappa shape index (κ3) is 3.63. The van der Waals surface area contributed by atoms with E-state index in [0.717, 1.165) is 16.7 Å². The first-order chi connectivity index (χ1) is 10.4. The van der Waals surface area contributed by atoms with E-state index >= 15 is 0 Å². The third-order valence-corrected chi connectivity index (χ3v) is 3.39. The van der Waals surface area contributed by atoms with Crippen molar-refractivity contribution < 1.29 is 14.3 Å². The number of ether oxygens (including phenoxy) is 2. The summed E-state index contributed by atoms with van der Waals surface area (Å²) in [6, 6.07) is 1.85. The monoisotopic (exact) mass is 303 g/mol. The molecule has 0 saturated carbocycles. The van der Waals surface area contributed by atoms with E-state index in [1.165, 1.54) is 7.11 Å². The first-order valence-corrected chi connectivity index (χ1v) is 7.05. The molecular weight excluding hydrogens is 282 g/mol. The van der Waals surface area contributed by atoms with Gasteiger partial charge in [-0.2, -0.15) is 0 Å². The van der Waals surface area contributed by atoms with Crippen molar-refractivity contribution in [2.45, 2.75) is 20.8 Å². The van der Waals surface area contributed by atoms with Crippen molar-refractivity contribution in [2.75, 3.05) is 20.4 Å². The predicted molar refractivity (Wildman–Crippen MR) is 84.7 cm³/mol. The van der Waals surface area contributed by atoms with Crippen LogP contribution in [-0.4, -0.2) is 37.6 Å². The lowest BCUT2D eigenvalue weighted by Gasteiger charge is -2.21. The number of pyridine rings is 1. The second-order valence-corrected chi connectivity index (χ2v) is 5.78. The maximum Gasteiger partial charge on any atom is 0.314 e. The molecule has 0 radical (unpaired) electrons. The minimum atomic E-state index is -0.717. The highest BCUT2D eigenvalue weighted by atomic mass is 16.5. The van der Waals surface area contributed by atoms with E-state index in [-0.39, 0.29) is 12.6 Å². The Morgan fingerprint density at radius 3 is 2.82 bits per heavy atom. The standard InChI is InChI=1S/C16H21N3O3/c1-11-5-14(22-9-16(2,3)15(20)21-4)19-8-13(11)12-6-17-10-18-7-12/h5-8,17H,9-10H2,1-4H3. The van der Waals surface area contributed by atoms with Gasteiger partial charge in [0.05, 0.1) is 12.5 Å². The largest absolute Gasteiger partial charge is 0.476 e. The smallest absolute Gasteiger partial charge is 0.314 e. The molecule has 6 heteroatoms. The minimum absolute atomic E-state index is 0.206. The summed E-state index contributed by atoms with van der Waals surface area (Å²) >= 11 is 0. The predicted octanol–water partition coefficient (Wildman–Crippen LogP) is 1.94. The molecule has 0 saturated heterocycles. The molecule has 1 aliphatic heterocycles. The summed E-state index contributed by atoms with van der Waals surface area (Å²) in [5.74, 6) is 0.176. The fourth-order valence-electron chi connectivity index (χ4n) is 2.04. The van der Waals surface area contributed by atoms with Crippen molar-refractivity contribution in [1.29, 1.82) is 0 Å². The number of allylic oxidation sites excluding steroid dienone is 1. The van der Waals surface area contributed by atoms with Crippen LogP contribution < -0.4 is 10.1 Å². The zero-order chi connectivity index (χ0) is 16.2. The van der Waals surface area contributed by atoms with E-state index in [2.05, 4.69) is 15.3 Å². The van der Waals surface area contributed by atoms with Gasteiger partial charge in [-0.25, -0.2) is 4.98 Å². The highest BCUT2D eigenvalue weighted by Crippen LogP contribution is 2.23. The molecule has 0 amide bonds. The fourth-order valence-corrected chi connectivity index (χ4v) is 2.04. The molecule has 1 aromatic heterocycles. The third-order valence-electron chi connectivity index (χ3n) is 3.39. The van der Waals surface area contributed by atoms with Gasteiger partial charge in [0.2, 0.25) is 5.88 Å². The Morgan fingerprint density at radius 2 is 2.23 bits per heavy atom. The van der Waals surface area contributed by atoms with Crippen LogP contribution in [0.15, 0.2) is 23.5 Å². The summed E-state index contributed by atoms with van der Waals surface area (Å²) in [6.45, 7) is 6.33. The van der Waals surface area contributed by atoms with Gasteiger partial charge in [-0.05, 0) is 26.3 Å². The molecule has 118 valence electrons. The van der Waals surface area contributed by atoms with E-state index in [9.17, 15) is 4.79 Å². The van der Waals surface area contributed by atoms with Crippen molar-refractivity contribution in [1.82, 2.24) is 10.3 Å². The zero-order valence-electron chi connectivity index (χ0n) is 13.3. The van der Waals surface area contributed by atoms with Crippen molar-refractivity contribution in [3.63, 3.8) is 0 Å². The average molecular weight is 303 g/mol. The van der Waals surface area contributed by atoms with Crippen LogP contribution in [0.5, 0.6) is 5.88 Å². The maximum atomic E-state index is 11.6. The molecule has 2 rings (SSSR count). The SMILES string of the molecule is COC(=O)C(C)(C)COc1cc(C)c(C2=CNCN=C2)cn1. The number of nitrogens with one attached hydrogen (secondary N) is 1. The first-order valence-electron chi connectivity index (χ1n) is 7.05. The zero-order valence-corrected chi connectivity index (χ0v) is 13.3. The lowest BCUT2D eigenvalue weighted by atomic mass is 9.95. The molecule has 0 bridgehead atoms. The summed E-state index contributed by atoms with van der Waals surface area (Å²) in [5, 5.41) is 3.07. The number of hydrogen-bond acceptors (Lipinski definition) is 6. The van der Waals surface area contributed by atoms with Crippen molar-refractivity contribution >= 4 is 17.8 Å². The summed E-state index contributed by atoms with van der Waals surface area (Å²) in [7, 11) is 1.37. The number of aryl methyl sites for hydroxylation is 1. The second kappa shape index (κ2) is 6.60. The molecule has 0 aliphatic carbocycles. The van der Waals surface area contributed by atoms with E-state index in [4.69, 9.17) is 9.47 Å². The highest BCUT2D eigenvalue weighted by Gasteiger charge is 2.30. The number of carbonyl (C=O) groups is 1. The Morgan fingerprint density at radius 1 is 1.45 bits per heavy atom. The Labute approximate surface area is 130 Å². The van der Waals surface area contributed by atoms with Gasteiger partial charge in [0.25, 0.3) is 0 Å². The molecule has 2 heterocycles. The van der Waals surface area contributed by atoms with Gasteiger partial charge in [0, 0.05) is 35.8 Å². The highest BCUT2D eigenvalue weighted by molar-refractivity contribution is 6.10. The molecule has 0 fully saturated rings. The van der Waals surface area contributed by atoms with Crippen LogP contribution in [0.2, 0.25) is 0 Å². The van der Waals surface area contributed by atoms with Gasteiger partial charge in [0.1, 0.15) is 13.3 Å². The van der Waals surface area contributed by atoms with Crippen molar-refractivity contribution in [3.8, 4) is 5.88 Å². The number of esters is 1. The summed E-state index contributed by atoms with van der Waals surface area (Å²) < 4.78 is 10.4. The molecule has 6 nitrogen and oxygen atoms in total. The number of nitrogens with zero attached hydrogens (tertiary/aromatic N) is 2. The van der Waals surface area contributed by atoms with Gasteiger partial charge in [-0.15, -0.1) is 0 Å². The van der Waals surface area contributed by atoms with E-state index < -0.39 is 5.41 Å². The molecular formula is C16H21N3O3. The van der Waals surface area contributed by atoms with Crippen LogP contribution >= 0.6 is 0 Å². The molecule has 0 unspecified atom stereocenters. The molecule has 22 heavy (non-hydrogen) atoms. The Kier molecular flexibility index (Phi) is 4.80. The molecule has 1 N–H and O–H groups in total. The maximum absolute atomic E-state index is 11.6.